The van der Waals surface area contributed by atoms with Crippen molar-refractivity contribution in [2.75, 3.05) is 31.5 Å². The van der Waals surface area contributed by atoms with E-state index < -0.39 is 5.82 Å². The second kappa shape index (κ2) is 6.63. The Kier molecular flexibility index (Phi) is 4.87. The number of anilines is 1. The van der Waals surface area contributed by atoms with E-state index in [1.165, 1.54) is 6.07 Å². The molecule has 1 amide bonds. The molecule has 0 radical (unpaired) electrons. The number of carbonyl (C=O) groups is 1. The summed E-state index contributed by atoms with van der Waals surface area (Å²) in [5.41, 5.74) is 0.246. The van der Waals surface area contributed by atoms with Crippen molar-refractivity contribution < 1.29 is 9.18 Å². The van der Waals surface area contributed by atoms with Crippen molar-refractivity contribution in [1.29, 1.82) is 0 Å². The van der Waals surface area contributed by atoms with Crippen molar-refractivity contribution in [3.8, 4) is 0 Å². The van der Waals surface area contributed by atoms with Crippen LogP contribution in [-0.4, -0.2) is 43.0 Å². The molecular weight excluding hydrogens is 245 g/mol. The van der Waals surface area contributed by atoms with Gasteiger partial charge in [0.1, 0.15) is 5.82 Å². The zero-order valence-corrected chi connectivity index (χ0v) is 11.2. The topological polar surface area (TPSA) is 44.4 Å². The number of hydrogen-bond acceptors (Lipinski definition) is 3. The first-order valence-electron chi connectivity index (χ1n) is 6.70. The van der Waals surface area contributed by atoms with Gasteiger partial charge in [0.05, 0.1) is 12.2 Å². The summed E-state index contributed by atoms with van der Waals surface area (Å²) in [5.74, 6) is -0.561. The third-order valence-electron chi connectivity index (χ3n) is 3.28. The molecule has 0 bridgehead atoms. The number of halogens is 1. The van der Waals surface area contributed by atoms with Crippen LogP contribution in [0.5, 0.6) is 0 Å². The summed E-state index contributed by atoms with van der Waals surface area (Å²) in [6.07, 6.45) is 1.00. The summed E-state index contributed by atoms with van der Waals surface area (Å²) in [4.78, 5) is 14.1. The van der Waals surface area contributed by atoms with E-state index in [-0.39, 0.29) is 11.6 Å². The highest BCUT2D eigenvalue weighted by molar-refractivity contribution is 5.92. The SMILES string of the molecule is CCCN(CC(=O)Nc1ccccc1F)C1CNC1. The Morgan fingerprint density at radius 2 is 2.21 bits per heavy atom. The van der Waals surface area contributed by atoms with Gasteiger partial charge in [0.2, 0.25) is 5.91 Å². The molecular formula is C14H20FN3O. The first-order chi connectivity index (χ1) is 9.20. The number of nitrogens with zero attached hydrogens (tertiary/aromatic N) is 1. The number of rotatable bonds is 6. The first kappa shape index (κ1) is 14.0. The zero-order valence-electron chi connectivity index (χ0n) is 11.2. The molecule has 1 fully saturated rings. The minimum atomic E-state index is -0.400. The van der Waals surface area contributed by atoms with E-state index in [1.54, 1.807) is 18.2 Å². The maximum absolute atomic E-state index is 13.4. The molecule has 1 aliphatic rings. The molecule has 0 aromatic heterocycles. The first-order valence-corrected chi connectivity index (χ1v) is 6.70. The summed E-state index contributed by atoms with van der Waals surface area (Å²) >= 11 is 0. The number of amides is 1. The van der Waals surface area contributed by atoms with E-state index in [9.17, 15) is 9.18 Å². The Balaban J connectivity index is 1.90. The monoisotopic (exact) mass is 265 g/mol. The van der Waals surface area contributed by atoms with Gasteiger partial charge in [-0.25, -0.2) is 4.39 Å². The molecule has 0 aliphatic carbocycles. The summed E-state index contributed by atoms with van der Waals surface area (Å²) < 4.78 is 13.4. The minimum Gasteiger partial charge on any atom is -0.322 e. The molecule has 0 spiro atoms. The lowest BCUT2D eigenvalue weighted by Crippen LogP contribution is -2.58. The molecule has 104 valence electrons. The van der Waals surface area contributed by atoms with Gasteiger partial charge in [-0.15, -0.1) is 0 Å². The lowest BCUT2D eigenvalue weighted by molar-refractivity contribution is -0.118. The summed E-state index contributed by atoms with van der Waals surface area (Å²) in [7, 11) is 0. The zero-order chi connectivity index (χ0) is 13.7. The van der Waals surface area contributed by atoms with Crippen LogP contribution in [0.4, 0.5) is 10.1 Å². The minimum absolute atomic E-state index is 0.162. The lowest BCUT2D eigenvalue weighted by Gasteiger charge is -2.37. The third-order valence-corrected chi connectivity index (χ3v) is 3.28. The molecule has 0 unspecified atom stereocenters. The smallest absolute Gasteiger partial charge is 0.238 e. The van der Waals surface area contributed by atoms with Crippen LogP contribution in [0.2, 0.25) is 0 Å². The second-order valence-electron chi connectivity index (χ2n) is 4.81. The molecule has 1 aromatic carbocycles. The largest absolute Gasteiger partial charge is 0.322 e. The summed E-state index contributed by atoms with van der Waals surface area (Å²) in [6.45, 7) is 5.14. The van der Waals surface area contributed by atoms with Gasteiger partial charge < -0.3 is 10.6 Å². The van der Waals surface area contributed by atoms with Crippen LogP contribution in [0, 0.1) is 5.82 Å². The van der Waals surface area contributed by atoms with Gasteiger partial charge in [0.15, 0.2) is 0 Å². The molecule has 5 heteroatoms. The van der Waals surface area contributed by atoms with Gasteiger partial charge in [-0.3, -0.25) is 9.69 Å². The highest BCUT2D eigenvalue weighted by atomic mass is 19.1. The number of carbonyl (C=O) groups excluding carboxylic acids is 1. The van der Waals surface area contributed by atoms with E-state index in [4.69, 9.17) is 0 Å². The Hall–Kier alpha value is -1.46. The van der Waals surface area contributed by atoms with Crippen molar-refractivity contribution in [2.45, 2.75) is 19.4 Å². The average Bonchev–Trinajstić information content (AvgIpc) is 2.30. The average molecular weight is 265 g/mol. The fraction of sp³-hybridized carbons (Fsp3) is 0.500. The molecule has 1 heterocycles. The molecule has 4 nitrogen and oxygen atoms in total. The molecule has 1 aliphatic heterocycles. The molecule has 1 aromatic rings. The molecule has 1 saturated heterocycles. The maximum Gasteiger partial charge on any atom is 0.238 e. The predicted octanol–water partition coefficient (Wildman–Crippen LogP) is 1.45. The van der Waals surface area contributed by atoms with Gasteiger partial charge >= 0.3 is 0 Å². The fourth-order valence-corrected chi connectivity index (χ4v) is 2.15. The molecule has 2 N–H and O–H groups in total. The highest BCUT2D eigenvalue weighted by Gasteiger charge is 2.25. The Labute approximate surface area is 113 Å². The predicted molar refractivity (Wildman–Crippen MR) is 73.6 cm³/mol. The molecule has 0 saturated carbocycles. The number of hydrogen-bond donors (Lipinski definition) is 2. The Bertz CT molecular complexity index is 434. The fourth-order valence-electron chi connectivity index (χ4n) is 2.15. The van der Waals surface area contributed by atoms with Crippen molar-refractivity contribution in [3.63, 3.8) is 0 Å². The maximum atomic E-state index is 13.4. The van der Waals surface area contributed by atoms with Gasteiger partial charge in [-0.05, 0) is 25.1 Å². The van der Waals surface area contributed by atoms with Crippen LogP contribution in [0.15, 0.2) is 24.3 Å². The van der Waals surface area contributed by atoms with Gasteiger partial charge in [0.25, 0.3) is 0 Å². The van der Waals surface area contributed by atoms with Crippen LogP contribution >= 0.6 is 0 Å². The number of nitrogens with one attached hydrogen (secondary N) is 2. The van der Waals surface area contributed by atoms with Crippen molar-refractivity contribution in [1.82, 2.24) is 10.2 Å². The molecule has 19 heavy (non-hydrogen) atoms. The van der Waals surface area contributed by atoms with Gasteiger partial charge in [-0.2, -0.15) is 0 Å². The van der Waals surface area contributed by atoms with Gasteiger partial charge in [-0.1, -0.05) is 19.1 Å². The van der Waals surface area contributed by atoms with E-state index in [2.05, 4.69) is 22.5 Å². The quantitative estimate of drug-likeness (QED) is 0.818. The van der Waals surface area contributed by atoms with Crippen LogP contribution in [0.1, 0.15) is 13.3 Å². The normalized spacial score (nSPS) is 15.3. The van der Waals surface area contributed by atoms with Crippen LogP contribution < -0.4 is 10.6 Å². The van der Waals surface area contributed by atoms with Crippen molar-refractivity contribution in [2.24, 2.45) is 0 Å². The standard InChI is InChI=1S/C14H20FN3O/c1-2-7-18(11-8-16-9-11)10-14(19)17-13-6-4-3-5-12(13)15/h3-6,11,16H,2,7-10H2,1H3,(H,17,19). The molecule has 0 atom stereocenters. The van der Waals surface area contributed by atoms with E-state index >= 15 is 0 Å². The van der Waals surface area contributed by atoms with Crippen LogP contribution in [0.3, 0.4) is 0 Å². The third kappa shape index (κ3) is 3.75. The second-order valence-corrected chi connectivity index (χ2v) is 4.81. The summed E-state index contributed by atoms with van der Waals surface area (Å²) in [6, 6.07) is 6.65. The van der Waals surface area contributed by atoms with E-state index in [1.807, 2.05) is 0 Å². The van der Waals surface area contributed by atoms with Crippen molar-refractivity contribution in [3.05, 3.63) is 30.1 Å². The molecule has 2 rings (SSSR count). The van der Waals surface area contributed by atoms with E-state index in [0.717, 1.165) is 26.1 Å². The lowest BCUT2D eigenvalue weighted by atomic mass is 10.1. The highest BCUT2D eigenvalue weighted by Crippen LogP contribution is 2.13. The number of para-hydroxylation sites is 1. The van der Waals surface area contributed by atoms with Crippen molar-refractivity contribution >= 4 is 11.6 Å². The van der Waals surface area contributed by atoms with E-state index in [0.29, 0.717) is 12.6 Å². The van der Waals surface area contributed by atoms with Crippen LogP contribution in [-0.2, 0) is 4.79 Å². The van der Waals surface area contributed by atoms with Crippen LogP contribution in [0.25, 0.3) is 0 Å². The number of benzene rings is 1. The van der Waals surface area contributed by atoms with Gasteiger partial charge in [0, 0.05) is 19.1 Å². The Morgan fingerprint density at radius 3 is 2.79 bits per heavy atom. The Morgan fingerprint density at radius 1 is 1.47 bits per heavy atom. The summed E-state index contributed by atoms with van der Waals surface area (Å²) in [5, 5.41) is 5.82.